The van der Waals surface area contributed by atoms with Crippen molar-refractivity contribution >= 4 is 27.6 Å². The molecule has 4 rings (SSSR count). The van der Waals surface area contributed by atoms with Gasteiger partial charge >= 0.3 is 6.09 Å². The Morgan fingerprint density at radius 2 is 1.26 bits per heavy atom. The number of carbonyl (C=O) groups is 1. The standard InChI is InChI=1S/C27H27NO3/c1-27(2,3)31-26(29)28(18-22-14-8-12-20-10-4-6-16-24(20)22)30-19-23-15-9-13-21-11-5-7-17-25(21)23/h4-17H,18-19H2,1-3H3. The number of carbonyl (C=O) groups excluding carboxylic acids is 1. The van der Waals surface area contributed by atoms with Crippen LogP contribution in [0.25, 0.3) is 21.5 Å². The van der Waals surface area contributed by atoms with Gasteiger partial charge in [0.2, 0.25) is 0 Å². The summed E-state index contributed by atoms with van der Waals surface area (Å²) in [6.07, 6.45) is -0.499. The third-order valence-electron chi connectivity index (χ3n) is 5.05. The molecule has 4 aromatic carbocycles. The van der Waals surface area contributed by atoms with Crippen LogP contribution in [0.5, 0.6) is 0 Å². The molecule has 0 heterocycles. The number of hydrogen-bond donors (Lipinski definition) is 0. The fraction of sp³-hybridized carbons (Fsp3) is 0.222. The maximum Gasteiger partial charge on any atom is 0.434 e. The summed E-state index contributed by atoms with van der Waals surface area (Å²) >= 11 is 0. The summed E-state index contributed by atoms with van der Waals surface area (Å²) in [6.45, 7) is 6.12. The molecule has 0 fully saturated rings. The van der Waals surface area contributed by atoms with Gasteiger partial charge in [-0.05, 0) is 53.4 Å². The largest absolute Gasteiger partial charge is 0.442 e. The molecule has 0 N–H and O–H groups in total. The topological polar surface area (TPSA) is 38.8 Å². The van der Waals surface area contributed by atoms with Gasteiger partial charge in [0, 0.05) is 0 Å². The molecule has 0 aromatic heterocycles. The van der Waals surface area contributed by atoms with Crippen LogP contribution in [0, 0.1) is 0 Å². The fourth-order valence-electron chi connectivity index (χ4n) is 3.63. The summed E-state index contributed by atoms with van der Waals surface area (Å²) in [5.41, 5.74) is 1.41. The Kier molecular flexibility index (Phi) is 5.92. The molecule has 0 atom stereocenters. The van der Waals surface area contributed by atoms with E-state index in [-0.39, 0.29) is 6.61 Å². The average molecular weight is 414 g/mol. The molecule has 4 heteroatoms. The summed E-state index contributed by atoms with van der Waals surface area (Å²) in [6, 6.07) is 28.5. The molecule has 0 aliphatic carbocycles. The number of fused-ring (bicyclic) bond motifs is 2. The van der Waals surface area contributed by atoms with Gasteiger partial charge in [-0.2, -0.15) is 5.06 Å². The Balaban J connectivity index is 1.62. The monoisotopic (exact) mass is 413 g/mol. The minimum atomic E-state index is -0.614. The number of benzene rings is 4. The molecule has 158 valence electrons. The van der Waals surface area contributed by atoms with E-state index in [1.54, 1.807) is 0 Å². The van der Waals surface area contributed by atoms with Gasteiger partial charge in [0.25, 0.3) is 0 Å². The van der Waals surface area contributed by atoms with Crippen LogP contribution in [-0.2, 0) is 22.7 Å². The Morgan fingerprint density at radius 3 is 1.87 bits per heavy atom. The summed E-state index contributed by atoms with van der Waals surface area (Å²) in [5.74, 6) is 0. The third kappa shape index (κ3) is 5.04. The lowest BCUT2D eigenvalue weighted by Crippen LogP contribution is -2.36. The number of nitrogens with zero attached hydrogens (tertiary/aromatic N) is 1. The minimum absolute atomic E-state index is 0.269. The highest BCUT2D eigenvalue weighted by molar-refractivity contribution is 5.86. The summed E-state index contributed by atoms with van der Waals surface area (Å²) in [4.78, 5) is 19.0. The molecule has 31 heavy (non-hydrogen) atoms. The van der Waals surface area contributed by atoms with E-state index in [0.29, 0.717) is 6.54 Å². The van der Waals surface area contributed by atoms with E-state index in [1.165, 1.54) is 5.06 Å². The van der Waals surface area contributed by atoms with Crippen molar-refractivity contribution in [3.63, 3.8) is 0 Å². The van der Waals surface area contributed by atoms with E-state index in [9.17, 15) is 4.79 Å². The normalized spacial score (nSPS) is 11.6. The second-order valence-corrected chi connectivity index (χ2v) is 8.57. The Hall–Kier alpha value is -3.37. The number of ether oxygens (including phenoxy) is 1. The average Bonchev–Trinajstić information content (AvgIpc) is 2.75. The molecule has 0 unspecified atom stereocenters. The number of amides is 1. The first-order valence-corrected chi connectivity index (χ1v) is 10.5. The van der Waals surface area contributed by atoms with Gasteiger partial charge in [-0.15, -0.1) is 0 Å². The van der Waals surface area contributed by atoms with Crippen molar-refractivity contribution in [3.8, 4) is 0 Å². The smallest absolute Gasteiger partial charge is 0.434 e. The predicted molar refractivity (Wildman–Crippen MR) is 124 cm³/mol. The molecular formula is C27H27NO3. The molecule has 0 radical (unpaired) electrons. The maximum absolute atomic E-state index is 13.0. The zero-order valence-corrected chi connectivity index (χ0v) is 18.2. The van der Waals surface area contributed by atoms with Crippen LogP contribution in [-0.4, -0.2) is 16.8 Å². The molecular weight excluding hydrogens is 386 g/mol. The highest BCUT2D eigenvalue weighted by atomic mass is 16.7. The van der Waals surface area contributed by atoms with E-state index < -0.39 is 11.7 Å². The van der Waals surface area contributed by atoms with Crippen LogP contribution in [0.3, 0.4) is 0 Å². The van der Waals surface area contributed by atoms with Crippen molar-refractivity contribution in [1.29, 1.82) is 0 Å². The van der Waals surface area contributed by atoms with Crippen LogP contribution in [0.15, 0.2) is 84.9 Å². The van der Waals surface area contributed by atoms with E-state index in [4.69, 9.17) is 9.57 Å². The van der Waals surface area contributed by atoms with Crippen LogP contribution in [0.1, 0.15) is 31.9 Å². The van der Waals surface area contributed by atoms with Gasteiger partial charge in [-0.1, -0.05) is 84.9 Å². The van der Waals surface area contributed by atoms with Crippen molar-refractivity contribution in [2.24, 2.45) is 0 Å². The lowest BCUT2D eigenvalue weighted by molar-refractivity contribution is -0.161. The van der Waals surface area contributed by atoms with Crippen LogP contribution in [0.2, 0.25) is 0 Å². The van der Waals surface area contributed by atoms with Crippen molar-refractivity contribution in [3.05, 3.63) is 96.1 Å². The predicted octanol–water partition coefficient (Wildman–Crippen LogP) is 6.86. The highest BCUT2D eigenvalue weighted by Crippen LogP contribution is 2.23. The van der Waals surface area contributed by atoms with Crippen molar-refractivity contribution in [2.75, 3.05) is 0 Å². The first kappa shape index (κ1) is 20.9. The number of hydroxylamine groups is 2. The summed E-state index contributed by atoms with van der Waals surface area (Å²) in [7, 11) is 0. The lowest BCUT2D eigenvalue weighted by Gasteiger charge is -2.27. The lowest BCUT2D eigenvalue weighted by atomic mass is 10.0. The van der Waals surface area contributed by atoms with Crippen molar-refractivity contribution in [1.82, 2.24) is 5.06 Å². The zero-order valence-electron chi connectivity index (χ0n) is 18.2. The SMILES string of the molecule is CC(C)(C)OC(=O)N(Cc1cccc2ccccc12)OCc1cccc2ccccc12. The van der Waals surface area contributed by atoms with Crippen LogP contribution in [0.4, 0.5) is 4.79 Å². The molecule has 4 nitrogen and oxygen atoms in total. The van der Waals surface area contributed by atoms with Gasteiger partial charge in [0.1, 0.15) is 12.2 Å². The van der Waals surface area contributed by atoms with E-state index >= 15 is 0 Å². The summed E-state index contributed by atoms with van der Waals surface area (Å²) < 4.78 is 5.62. The summed E-state index contributed by atoms with van der Waals surface area (Å²) in [5, 5.41) is 5.79. The molecule has 1 amide bonds. The highest BCUT2D eigenvalue weighted by Gasteiger charge is 2.24. The molecule has 0 aliphatic heterocycles. The maximum atomic E-state index is 13.0. The molecule has 0 saturated carbocycles. The quantitative estimate of drug-likeness (QED) is 0.335. The fourth-order valence-corrected chi connectivity index (χ4v) is 3.63. The zero-order chi connectivity index (χ0) is 21.8. The Morgan fingerprint density at radius 1 is 0.742 bits per heavy atom. The molecule has 0 saturated heterocycles. The van der Waals surface area contributed by atoms with Gasteiger partial charge in [0.05, 0.1) is 6.54 Å². The first-order chi connectivity index (χ1) is 14.9. The van der Waals surface area contributed by atoms with E-state index in [2.05, 4.69) is 36.4 Å². The van der Waals surface area contributed by atoms with Crippen molar-refractivity contribution < 1.29 is 14.4 Å². The van der Waals surface area contributed by atoms with Gasteiger partial charge in [0.15, 0.2) is 0 Å². The van der Waals surface area contributed by atoms with E-state index in [1.807, 2.05) is 69.3 Å². The molecule has 4 aromatic rings. The third-order valence-corrected chi connectivity index (χ3v) is 5.05. The van der Waals surface area contributed by atoms with Crippen LogP contribution >= 0.6 is 0 Å². The van der Waals surface area contributed by atoms with Gasteiger partial charge in [-0.3, -0.25) is 4.84 Å². The van der Waals surface area contributed by atoms with Crippen LogP contribution < -0.4 is 0 Å². The second-order valence-electron chi connectivity index (χ2n) is 8.57. The first-order valence-electron chi connectivity index (χ1n) is 10.5. The van der Waals surface area contributed by atoms with Crippen molar-refractivity contribution in [2.45, 2.75) is 39.5 Å². The van der Waals surface area contributed by atoms with E-state index in [0.717, 1.165) is 32.7 Å². The minimum Gasteiger partial charge on any atom is -0.442 e. The number of hydrogen-bond acceptors (Lipinski definition) is 3. The number of rotatable bonds is 5. The molecule has 0 bridgehead atoms. The Bertz CT molecular complexity index is 1200. The molecule has 0 aliphatic rings. The van der Waals surface area contributed by atoms with Gasteiger partial charge in [-0.25, -0.2) is 4.79 Å². The second kappa shape index (κ2) is 8.78. The molecule has 0 spiro atoms. The van der Waals surface area contributed by atoms with Gasteiger partial charge < -0.3 is 4.74 Å². The Labute approximate surface area is 183 Å².